The summed E-state index contributed by atoms with van der Waals surface area (Å²) in [4.78, 5) is 5.15. The van der Waals surface area contributed by atoms with Crippen molar-refractivity contribution in [1.29, 1.82) is 0 Å². The summed E-state index contributed by atoms with van der Waals surface area (Å²) < 4.78 is 0. The van der Waals surface area contributed by atoms with Crippen molar-refractivity contribution in [2.24, 2.45) is 5.92 Å². The van der Waals surface area contributed by atoms with Gasteiger partial charge in [-0.3, -0.25) is 0 Å². The van der Waals surface area contributed by atoms with E-state index >= 15 is 0 Å². The first-order valence-electron chi connectivity index (χ1n) is 6.88. The second-order valence-electron chi connectivity index (χ2n) is 5.70. The third-order valence-electron chi connectivity index (χ3n) is 4.06. The van der Waals surface area contributed by atoms with Crippen LogP contribution in [0.1, 0.15) is 26.2 Å². The highest BCUT2D eigenvalue weighted by Crippen LogP contribution is 2.18. The maximum atomic E-state index is 3.54. The number of piperidine rings is 1. The Morgan fingerprint density at radius 1 is 1.19 bits per heavy atom. The summed E-state index contributed by atoms with van der Waals surface area (Å²) in [7, 11) is 2.25. The van der Waals surface area contributed by atoms with Crippen molar-refractivity contribution in [3.63, 3.8) is 0 Å². The highest BCUT2D eigenvalue weighted by Gasteiger charge is 2.21. The first-order chi connectivity index (χ1) is 7.74. The van der Waals surface area contributed by atoms with E-state index < -0.39 is 0 Å². The molecule has 94 valence electrons. The van der Waals surface area contributed by atoms with Crippen LogP contribution in [0.2, 0.25) is 0 Å². The molecule has 1 N–H and O–H groups in total. The van der Waals surface area contributed by atoms with Crippen LogP contribution >= 0.6 is 0 Å². The normalized spacial score (nSPS) is 34.9. The Bertz CT molecular complexity index is 207. The van der Waals surface area contributed by atoms with Gasteiger partial charge in [-0.15, -0.1) is 0 Å². The number of nitrogens with zero attached hydrogens (tertiary/aromatic N) is 2. The van der Waals surface area contributed by atoms with E-state index in [1.54, 1.807) is 0 Å². The maximum Gasteiger partial charge on any atom is 0.0109 e. The predicted octanol–water partition coefficient (Wildman–Crippen LogP) is 1.01. The van der Waals surface area contributed by atoms with Gasteiger partial charge in [0.25, 0.3) is 0 Å². The lowest BCUT2D eigenvalue weighted by Crippen LogP contribution is -2.41. The van der Waals surface area contributed by atoms with Gasteiger partial charge in [-0.25, -0.2) is 0 Å². The van der Waals surface area contributed by atoms with Crippen LogP contribution in [-0.4, -0.2) is 62.2 Å². The Kier molecular flexibility index (Phi) is 4.62. The van der Waals surface area contributed by atoms with E-state index in [9.17, 15) is 0 Å². The Balaban J connectivity index is 1.75. The van der Waals surface area contributed by atoms with E-state index in [-0.39, 0.29) is 0 Å². The third kappa shape index (κ3) is 3.72. The summed E-state index contributed by atoms with van der Waals surface area (Å²) >= 11 is 0. The van der Waals surface area contributed by atoms with Crippen LogP contribution in [0.4, 0.5) is 0 Å². The van der Waals surface area contributed by atoms with Gasteiger partial charge >= 0.3 is 0 Å². The molecule has 0 bridgehead atoms. The third-order valence-corrected chi connectivity index (χ3v) is 4.06. The molecule has 0 saturated carbocycles. The number of rotatable bonds is 2. The summed E-state index contributed by atoms with van der Waals surface area (Å²) in [6.45, 7) is 9.99. The minimum atomic E-state index is 0.730. The minimum absolute atomic E-state index is 0.730. The molecule has 2 atom stereocenters. The van der Waals surface area contributed by atoms with Crippen molar-refractivity contribution in [2.45, 2.75) is 32.2 Å². The van der Waals surface area contributed by atoms with Crippen LogP contribution in [0.5, 0.6) is 0 Å². The second-order valence-corrected chi connectivity index (χ2v) is 5.70. The first kappa shape index (κ1) is 12.3. The summed E-state index contributed by atoms with van der Waals surface area (Å²) in [6.07, 6.45) is 4.08. The van der Waals surface area contributed by atoms with E-state index in [1.165, 1.54) is 58.5 Å². The van der Waals surface area contributed by atoms with E-state index in [1.807, 2.05) is 0 Å². The fourth-order valence-corrected chi connectivity index (χ4v) is 3.05. The van der Waals surface area contributed by atoms with Crippen molar-refractivity contribution in [1.82, 2.24) is 15.1 Å². The first-order valence-corrected chi connectivity index (χ1v) is 6.88. The molecule has 0 aromatic rings. The molecular formula is C13H27N3. The number of nitrogens with one attached hydrogen (secondary N) is 1. The van der Waals surface area contributed by atoms with E-state index in [2.05, 4.69) is 29.1 Å². The highest BCUT2D eigenvalue weighted by molar-refractivity contribution is 4.78. The lowest BCUT2D eigenvalue weighted by Gasteiger charge is -2.32. The molecule has 2 fully saturated rings. The van der Waals surface area contributed by atoms with Gasteiger partial charge in [0.05, 0.1) is 0 Å². The molecule has 2 unspecified atom stereocenters. The standard InChI is InChI=1S/C13H27N3/c1-12-10-13(4-5-14-12)11-16-7-3-6-15(2)8-9-16/h12-14H,3-11H2,1-2H3. The highest BCUT2D eigenvalue weighted by atomic mass is 15.2. The molecule has 2 heterocycles. The topological polar surface area (TPSA) is 18.5 Å². The van der Waals surface area contributed by atoms with Crippen molar-refractivity contribution >= 4 is 0 Å². The van der Waals surface area contributed by atoms with E-state index in [0.29, 0.717) is 0 Å². The van der Waals surface area contributed by atoms with Crippen LogP contribution in [0.15, 0.2) is 0 Å². The van der Waals surface area contributed by atoms with Crippen LogP contribution in [0.3, 0.4) is 0 Å². The number of hydrogen-bond acceptors (Lipinski definition) is 3. The zero-order valence-electron chi connectivity index (χ0n) is 10.9. The van der Waals surface area contributed by atoms with Crippen molar-refractivity contribution in [3.8, 4) is 0 Å². The summed E-state index contributed by atoms with van der Waals surface area (Å²) in [5.41, 5.74) is 0. The van der Waals surface area contributed by atoms with Crippen LogP contribution in [0, 0.1) is 5.92 Å². The van der Waals surface area contributed by atoms with Crippen molar-refractivity contribution in [2.75, 3.05) is 46.3 Å². The Hall–Kier alpha value is -0.120. The molecule has 0 spiro atoms. The monoisotopic (exact) mass is 225 g/mol. The van der Waals surface area contributed by atoms with Gasteiger partial charge in [0, 0.05) is 25.7 Å². The lowest BCUT2D eigenvalue weighted by atomic mass is 9.93. The molecule has 0 aliphatic carbocycles. The summed E-state index contributed by atoms with van der Waals surface area (Å²) in [5.74, 6) is 0.930. The average molecular weight is 225 g/mol. The van der Waals surface area contributed by atoms with Crippen LogP contribution in [0.25, 0.3) is 0 Å². The fraction of sp³-hybridized carbons (Fsp3) is 1.00. The molecule has 2 rings (SSSR count). The largest absolute Gasteiger partial charge is 0.314 e. The maximum absolute atomic E-state index is 3.54. The van der Waals surface area contributed by atoms with Crippen LogP contribution < -0.4 is 5.32 Å². The molecule has 2 saturated heterocycles. The summed E-state index contributed by atoms with van der Waals surface area (Å²) in [5, 5.41) is 3.54. The molecule has 0 radical (unpaired) electrons. The molecule has 0 amide bonds. The van der Waals surface area contributed by atoms with Gasteiger partial charge in [-0.2, -0.15) is 0 Å². The molecule has 0 aromatic heterocycles. The lowest BCUT2D eigenvalue weighted by molar-refractivity contribution is 0.196. The number of likely N-dealkylation sites (N-methyl/N-ethyl adjacent to an activating group) is 1. The average Bonchev–Trinajstić information content (AvgIpc) is 2.44. The molecule has 3 nitrogen and oxygen atoms in total. The smallest absolute Gasteiger partial charge is 0.0109 e. The molecule has 2 aliphatic rings. The van der Waals surface area contributed by atoms with Gasteiger partial charge in [0.1, 0.15) is 0 Å². The van der Waals surface area contributed by atoms with E-state index in [4.69, 9.17) is 0 Å². The van der Waals surface area contributed by atoms with Gasteiger partial charge in [-0.05, 0) is 58.8 Å². The van der Waals surface area contributed by atoms with Crippen molar-refractivity contribution in [3.05, 3.63) is 0 Å². The fourth-order valence-electron chi connectivity index (χ4n) is 3.05. The predicted molar refractivity (Wildman–Crippen MR) is 68.7 cm³/mol. The zero-order valence-corrected chi connectivity index (χ0v) is 10.9. The van der Waals surface area contributed by atoms with Gasteiger partial charge < -0.3 is 15.1 Å². The second kappa shape index (κ2) is 5.99. The SMILES string of the molecule is CC1CC(CN2CCCN(C)CC2)CCN1. The zero-order chi connectivity index (χ0) is 11.4. The molecule has 0 aromatic carbocycles. The van der Waals surface area contributed by atoms with Gasteiger partial charge in [0.2, 0.25) is 0 Å². The molecule has 3 heteroatoms. The number of hydrogen-bond donors (Lipinski definition) is 1. The minimum Gasteiger partial charge on any atom is -0.314 e. The Morgan fingerprint density at radius 3 is 2.88 bits per heavy atom. The van der Waals surface area contributed by atoms with E-state index in [0.717, 1.165) is 12.0 Å². The quantitative estimate of drug-likeness (QED) is 0.757. The molecular weight excluding hydrogens is 198 g/mol. The summed E-state index contributed by atoms with van der Waals surface area (Å²) in [6, 6.07) is 0.730. The molecule has 2 aliphatic heterocycles. The molecule has 16 heavy (non-hydrogen) atoms. The van der Waals surface area contributed by atoms with Crippen LogP contribution in [-0.2, 0) is 0 Å². The Morgan fingerprint density at radius 2 is 2.06 bits per heavy atom. The van der Waals surface area contributed by atoms with Crippen molar-refractivity contribution < 1.29 is 0 Å². The van der Waals surface area contributed by atoms with Gasteiger partial charge in [0.15, 0.2) is 0 Å². The Labute approximate surface area is 100 Å². The van der Waals surface area contributed by atoms with Gasteiger partial charge in [-0.1, -0.05) is 0 Å².